The van der Waals surface area contributed by atoms with E-state index in [9.17, 15) is 19.2 Å². The van der Waals surface area contributed by atoms with E-state index in [2.05, 4.69) is 10.3 Å². The van der Waals surface area contributed by atoms with E-state index in [0.717, 1.165) is 4.90 Å². The Hall–Kier alpha value is -3.82. The van der Waals surface area contributed by atoms with Gasteiger partial charge in [0.2, 0.25) is 5.91 Å². The Balaban J connectivity index is 1.92. The zero-order valence-electron chi connectivity index (χ0n) is 19.6. The van der Waals surface area contributed by atoms with E-state index >= 15 is 0 Å². The van der Waals surface area contributed by atoms with Gasteiger partial charge >= 0.3 is 11.9 Å². The Morgan fingerprint density at radius 1 is 1.12 bits per heavy atom. The van der Waals surface area contributed by atoms with Crippen LogP contribution in [0, 0.1) is 13.8 Å². The molecule has 178 valence electrons. The lowest BCUT2D eigenvalue weighted by atomic mass is 10.1. The molecule has 0 bridgehead atoms. The molecule has 0 aliphatic carbocycles. The van der Waals surface area contributed by atoms with Crippen molar-refractivity contribution in [3.63, 3.8) is 0 Å². The number of carbonyl (C=O) groups is 4. The van der Waals surface area contributed by atoms with Crippen molar-refractivity contribution >= 4 is 29.4 Å². The van der Waals surface area contributed by atoms with E-state index in [1.165, 1.54) is 14.2 Å². The van der Waals surface area contributed by atoms with Gasteiger partial charge in [-0.25, -0.2) is 9.59 Å². The molecule has 1 heterocycles. The molecule has 2 N–H and O–H groups in total. The number of nitrogens with zero attached hydrogens (tertiary/aromatic N) is 1. The smallest absolute Gasteiger partial charge is 0.355 e. The molecule has 0 radical (unpaired) electrons. The highest BCUT2D eigenvalue weighted by atomic mass is 16.5. The summed E-state index contributed by atoms with van der Waals surface area (Å²) in [5.41, 5.74) is 1.68. The first-order chi connectivity index (χ1) is 15.5. The normalized spacial score (nSPS) is 10.5. The van der Waals surface area contributed by atoms with Gasteiger partial charge in [-0.15, -0.1) is 0 Å². The van der Waals surface area contributed by atoms with Crippen LogP contribution in [0.15, 0.2) is 24.3 Å². The lowest BCUT2D eigenvalue weighted by Gasteiger charge is -2.17. The molecule has 33 heavy (non-hydrogen) atoms. The van der Waals surface area contributed by atoms with Crippen LogP contribution < -0.4 is 10.1 Å². The highest BCUT2D eigenvalue weighted by Crippen LogP contribution is 2.20. The van der Waals surface area contributed by atoms with Gasteiger partial charge in [0, 0.05) is 24.5 Å². The monoisotopic (exact) mass is 459 g/mol. The van der Waals surface area contributed by atoms with E-state index in [4.69, 9.17) is 14.2 Å². The molecule has 0 atom stereocenters. The lowest BCUT2D eigenvalue weighted by Crippen LogP contribution is -2.37. The number of anilines is 1. The molecule has 0 aliphatic rings. The van der Waals surface area contributed by atoms with Crippen molar-refractivity contribution in [2.45, 2.75) is 33.8 Å². The minimum absolute atomic E-state index is 0.0643. The van der Waals surface area contributed by atoms with Gasteiger partial charge in [0.25, 0.3) is 5.91 Å². The Labute approximate surface area is 192 Å². The number of rotatable bonds is 9. The van der Waals surface area contributed by atoms with Crippen molar-refractivity contribution in [2.24, 2.45) is 0 Å². The number of aromatic nitrogens is 1. The fourth-order valence-electron chi connectivity index (χ4n) is 3.05. The molecular formula is C23H29N3O7. The predicted molar refractivity (Wildman–Crippen MR) is 120 cm³/mol. The second-order valence-electron chi connectivity index (χ2n) is 7.69. The number of aryl methyl sites for hydroxylation is 1. The Bertz CT molecular complexity index is 1040. The van der Waals surface area contributed by atoms with Crippen LogP contribution in [-0.2, 0) is 19.1 Å². The van der Waals surface area contributed by atoms with Crippen molar-refractivity contribution < 1.29 is 33.4 Å². The fourth-order valence-corrected chi connectivity index (χ4v) is 3.05. The maximum atomic E-state index is 12.5. The quantitative estimate of drug-likeness (QED) is 0.552. The van der Waals surface area contributed by atoms with E-state index in [1.807, 2.05) is 0 Å². The van der Waals surface area contributed by atoms with Crippen molar-refractivity contribution in [3.05, 3.63) is 46.8 Å². The van der Waals surface area contributed by atoms with Crippen LogP contribution in [0.4, 0.5) is 5.69 Å². The largest absolute Gasteiger partial charge is 0.497 e. The van der Waals surface area contributed by atoms with E-state index in [-0.39, 0.29) is 23.9 Å². The summed E-state index contributed by atoms with van der Waals surface area (Å²) < 4.78 is 15.4. The van der Waals surface area contributed by atoms with Crippen LogP contribution in [0.25, 0.3) is 0 Å². The molecule has 0 saturated heterocycles. The number of carbonyl (C=O) groups excluding carboxylic acids is 4. The van der Waals surface area contributed by atoms with Crippen molar-refractivity contribution in [3.8, 4) is 5.75 Å². The summed E-state index contributed by atoms with van der Waals surface area (Å²) in [5, 5.41) is 2.66. The van der Waals surface area contributed by atoms with Crippen molar-refractivity contribution in [1.29, 1.82) is 0 Å². The molecule has 2 rings (SSSR count). The van der Waals surface area contributed by atoms with Crippen LogP contribution in [0.2, 0.25) is 0 Å². The molecule has 10 heteroatoms. The zero-order chi connectivity index (χ0) is 24.7. The van der Waals surface area contributed by atoms with Gasteiger partial charge in [-0.3, -0.25) is 9.59 Å². The number of ether oxygens (including phenoxy) is 3. The summed E-state index contributed by atoms with van der Waals surface area (Å²) >= 11 is 0. The van der Waals surface area contributed by atoms with E-state index < -0.39 is 30.4 Å². The van der Waals surface area contributed by atoms with E-state index in [0.29, 0.717) is 22.7 Å². The van der Waals surface area contributed by atoms with Crippen molar-refractivity contribution in [2.75, 3.05) is 32.6 Å². The highest BCUT2D eigenvalue weighted by Gasteiger charge is 2.25. The first-order valence-corrected chi connectivity index (χ1v) is 10.3. The number of H-pyrrole nitrogens is 1. The first-order valence-electron chi connectivity index (χ1n) is 10.3. The second kappa shape index (κ2) is 11.2. The Morgan fingerprint density at radius 2 is 1.82 bits per heavy atom. The van der Waals surface area contributed by atoms with E-state index in [1.54, 1.807) is 52.0 Å². The maximum Gasteiger partial charge on any atom is 0.355 e. The van der Waals surface area contributed by atoms with Gasteiger partial charge in [0.1, 0.15) is 11.4 Å². The predicted octanol–water partition coefficient (Wildman–Crippen LogP) is 2.46. The summed E-state index contributed by atoms with van der Waals surface area (Å²) in [6.07, 6.45) is -0.309. The minimum Gasteiger partial charge on any atom is -0.497 e. The zero-order valence-corrected chi connectivity index (χ0v) is 19.6. The average molecular weight is 459 g/mol. The number of methoxy groups -OCH3 is 1. The average Bonchev–Trinajstić information content (AvgIpc) is 3.05. The highest BCUT2D eigenvalue weighted by molar-refractivity contribution is 5.99. The first kappa shape index (κ1) is 25.4. The number of esters is 2. The third-order valence-corrected chi connectivity index (χ3v) is 4.68. The number of aromatic amines is 1. The summed E-state index contributed by atoms with van der Waals surface area (Å²) in [6.45, 7) is 5.88. The molecule has 10 nitrogen and oxygen atoms in total. The molecule has 1 aromatic carbocycles. The molecular weight excluding hydrogens is 430 g/mol. The van der Waals surface area contributed by atoms with Gasteiger partial charge in [-0.05, 0) is 45.4 Å². The third kappa shape index (κ3) is 6.83. The molecule has 2 amide bonds. The van der Waals surface area contributed by atoms with Crippen LogP contribution in [0.3, 0.4) is 0 Å². The molecule has 2 aromatic rings. The van der Waals surface area contributed by atoms with Crippen molar-refractivity contribution in [1.82, 2.24) is 9.88 Å². The second-order valence-corrected chi connectivity index (χ2v) is 7.69. The number of hydrogen-bond acceptors (Lipinski definition) is 7. The summed E-state index contributed by atoms with van der Waals surface area (Å²) in [6, 6.07) is 6.80. The standard InChI is InChI=1S/C23H29N3O7/c1-13(2)33-22(29)20-14(3)21(24-15(20)4)23(30)32-12-19(28)26(5)11-18(27)25-16-8-7-9-17(10-16)31-6/h7-10,13,24H,11-12H2,1-6H3,(H,25,27). The SMILES string of the molecule is COc1cccc(NC(=O)CN(C)C(=O)COC(=O)c2[nH]c(C)c(C(=O)OC(C)C)c2C)c1. The fraction of sp³-hybridized carbons (Fsp3) is 0.391. The number of likely N-dealkylation sites (N-methyl/N-ethyl adjacent to an activating group) is 1. The number of amides is 2. The van der Waals surface area contributed by atoms with Gasteiger partial charge in [-0.1, -0.05) is 6.07 Å². The van der Waals surface area contributed by atoms with Crippen LogP contribution in [0.1, 0.15) is 46.0 Å². The number of benzene rings is 1. The number of nitrogens with one attached hydrogen (secondary N) is 2. The molecule has 0 unspecified atom stereocenters. The van der Waals surface area contributed by atoms with Crippen LogP contribution in [0.5, 0.6) is 5.75 Å². The maximum absolute atomic E-state index is 12.5. The van der Waals surface area contributed by atoms with Gasteiger partial charge in [0.15, 0.2) is 6.61 Å². The Kier molecular flexibility index (Phi) is 8.61. The Morgan fingerprint density at radius 3 is 2.45 bits per heavy atom. The molecule has 0 fully saturated rings. The third-order valence-electron chi connectivity index (χ3n) is 4.68. The summed E-state index contributed by atoms with van der Waals surface area (Å²) in [5.74, 6) is -1.74. The topological polar surface area (TPSA) is 127 Å². The number of hydrogen-bond donors (Lipinski definition) is 2. The molecule has 0 spiro atoms. The minimum atomic E-state index is -0.790. The molecule has 1 aromatic heterocycles. The molecule has 0 aliphatic heterocycles. The summed E-state index contributed by atoms with van der Waals surface area (Å²) in [4.78, 5) is 53.2. The molecule has 0 saturated carbocycles. The van der Waals surface area contributed by atoms with Crippen LogP contribution >= 0.6 is 0 Å². The van der Waals surface area contributed by atoms with Gasteiger partial charge in [-0.2, -0.15) is 0 Å². The van der Waals surface area contributed by atoms with Crippen LogP contribution in [-0.4, -0.2) is 67.0 Å². The van der Waals surface area contributed by atoms with Gasteiger partial charge in [0.05, 0.1) is 25.3 Å². The lowest BCUT2D eigenvalue weighted by molar-refractivity contribution is -0.136. The summed E-state index contributed by atoms with van der Waals surface area (Å²) in [7, 11) is 2.94. The van der Waals surface area contributed by atoms with Gasteiger partial charge < -0.3 is 29.4 Å².